The van der Waals surface area contributed by atoms with Crippen LogP contribution in [0.3, 0.4) is 0 Å². The molecule has 2 aliphatic rings. The van der Waals surface area contributed by atoms with Crippen molar-refractivity contribution >= 4 is 17.5 Å². The van der Waals surface area contributed by atoms with Gasteiger partial charge < -0.3 is 10.2 Å². The van der Waals surface area contributed by atoms with Crippen LogP contribution in [0.4, 0.5) is 5.69 Å². The number of carbonyl (C=O) groups excluding carboxylic acids is 2. The third kappa shape index (κ3) is 6.33. The molecule has 1 saturated carbocycles. The molecule has 1 aliphatic carbocycles. The Morgan fingerprint density at radius 3 is 2.42 bits per heavy atom. The number of hydrogen-bond acceptors (Lipinski definition) is 6. The molecule has 1 N–H and O–H groups in total. The van der Waals surface area contributed by atoms with Crippen LogP contribution in [-0.2, 0) is 15.0 Å². The Kier molecular flexibility index (Phi) is 8.68. The number of piperazine rings is 1. The Balaban J connectivity index is 1.79. The molecular weight excluding hydrogens is 476 g/mol. The summed E-state index contributed by atoms with van der Waals surface area (Å²) in [5, 5.41) is 13.1. The van der Waals surface area contributed by atoms with E-state index in [-0.39, 0.29) is 23.3 Å². The average molecular weight is 517 g/mol. The van der Waals surface area contributed by atoms with Gasteiger partial charge in [-0.25, -0.2) is 0 Å². The summed E-state index contributed by atoms with van der Waals surface area (Å²) in [5.41, 5.74) is 2.34. The zero-order chi connectivity index (χ0) is 27.3. The van der Waals surface area contributed by atoms with Crippen molar-refractivity contribution < 1.29 is 9.59 Å². The maximum atomic E-state index is 14.4. The van der Waals surface area contributed by atoms with E-state index in [9.17, 15) is 14.9 Å². The fourth-order valence-electron chi connectivity index (χ4n) is 5.42. The summed E-state index contributed by atoms with van der Waals surface area (Å²) in [4.78, 5) is 37.9. The number of nitrogens with zero attached hydrogens (tertiary/aromatic N) is 5. The smallest absolute Gasteiger partial charge is 0.252 e. The molecule has 0 radical (unpaired) electrons. The number of rotatable bonds is 6. The molecule has 1 aliphatic heterocycles. The van der Waals surface area contributed by atoms with Crippen molar-refractivity contribution in [2.45, 2.75) is 76.4 Å². The minimum atomic E-state index is -0.911. The Morgan fingerprint density at radius 1 is 1.11 bits per heavy atom. The average Bonchev–Trinajstić information content (AvgIpc) is 2.92. The first-order chi connectivity index (χ1) is 18.2. The van der Waals surface area contributed by atoms with Crippen molar-refractivity contribution in [3.8, 4) is 6.19 Å². The SMILES string of the molecule is CN1CCN(C#N)C(C(=O)N(c2ccc(C(C)(C)C)cc2)C(C(=O)NC2CCCCC2)c2cccnc2)C1. The summed E-state index contributed by atoms with van der Waals surface area (Å²) in [6, 6.07) is 9.99. The second-order valence-electron chi connectivity index (χ2n) is 11.6. The topological polar surface area (TPSA) is 92.6 Å². The summed E-state index contributed by atoms with van der Waals surface area (Å²) in [6.45, 7) is 8.00. The Morgan fingerprint density at radius 2 is 1.82 bits per heavy atom. The van der Waals surface area contributed by atoms with Gasteiger partial charge in [0.1, 0.15) is 12.1 Å². The van der Waals surface area contributed by atoms with E-state index in [0.717, 1.165) is 31.2 Å². The van der Waals surface area contributed by atoms with E-state index in [0.29, 0.717) is 30.9 Å². The number of nitriles is 1. The van der Waals surface area contributed by atoms with Crippen molar-refractivity contribution in [1.82, 2.24) is 20.1 Å². The zero-order valence-electron chi connectivity index (χ0n) is 23.1. The van der Waals surface area contributed by atoms with Gasteiger partial charge in [0.2, 0.25) is 5.91 Å². The van der Waals surface area contributed by atoms with Crippen LogP contribution < -0.4 is 10.2 Å². The molecule has 2 aromatic rings. The zero-order valence-corrected chi connectivity index (χ0v) is 23.1. The lowest BCUT2D eigenvalue weighted by Gasteiger charge is -2.40. The number of hydrogen-bond donors (Lipinski definition) is 1. The largest absolute Gasteiger partial charge is 0.351 e. The summed E-state index contributed by atoms with van der Waals surface area (Å²) < 4.78 is 0. The third-order valence-electron chi connectivity index (χ3n) is 7.70. The first kappa shape index (κ1) is 27.6. The molecule has 4 rings (SSSR count). The molecule has 2 atom stereocenters. The van der Waals surface area contributed by atoms with E-state index in [4.69, 9.17) is 0 Å². The van der Waals surface area contributed by atoms with Gasteiger partial charge in [0.05, 0.1) is 0 Å². The number of nitrogens with one attached hydrogen (secondary N) is 1. The summed E-state index contributed by atoms with van der Waals surface area (Å²) in [6.07, 6.45) is 10.8. The second kappa shape index (κ2) is 12.0. The summed E-state index contributed by atoms with van der Waals surface area (Å²) in [7, 11) is 1.95. The molecular formula is C30H40N6O2. The molecule has 1 saturated heterocycles. The van der Waals surface area contributed by atoms with E-state index in [1.807, 2.05) is 37.4 Å². The molecule has 2 unspecified atom stereocenters. The lowest BCUT2D eigenvalue weighted by atomic mass is 9.87. The van der Waals surface area contributed by atoms with Gasteiger partial charge in [0, 0.05) is 49.3 Å². The van der Waals surface area contributed by atoms with Gasteiger partial charge in [-0.2, -0.15) is 5.26 Å². The maximum absolute atomic E-state index is 14.4. The van der Waals surface area contributed by atoms with Gasteiger partial charge in [-0.1, -0.05) is 58.2 Å². The van der Waals surface area contributed by atoms with E-state index < -0.39 is 12.1 Å². The van der Waals surface area contributed by atoms with Crippen LogP contribution in [0.2, 0.25) is 0 Å². The molecule has 8 heteroatoms. The van der Waals surface area contributed by atoms with Crippen LogP contribution >= 0.6 is 0 Å². The number of likely N-dealkylation sites (N-methyl/N-ethyl adjacent to an activating group) is 1. The molecule has 38 heavy (non-hydrogen) atoms. The van der Waals surface area contributed by atoms with E-state index >= 15 is 0 Å². The molecule has 2 fully saturated rings. The fourth-order valence-corrected chi connectivity index (χ4v) is 5.42. The van der Waals surface area contributed by atoms with Gasteiger partial charge in [0.15, 0.2) is 6.19 Å². The van der Waals surface area contributed by atoms with Crippen LogP contribution in [0, 0.1) is 11.5 Å². The predicted octanol–water partition coefficient (Wildman–Crippen LogP) is 4.00. The van der Waals surface area contributed by atoms with Crippen LogP contribution in [0.15, 0.2) is 48.8 Å². The van der Waals surface area contributed by atoms with Gasteiger partial charge in [0.25, 0.3) is 5.91 Å². The van der Waals surface area contributed by atoms with Crippen molar-refractivity contribution in [3.63, 3.8) is 0 Å². The highest BCUT2D eigenvalue weighted by Crippen LogP contribution is 2.32. The molecule has 8 nitrogen and oxygen atoms in total. The first-order valence-corrected chi connectivity index (χ1v) is 13.7. The molecule has 1 aromatic carbocycles. The minimum Gasteiger partial charge on any atom is -0.351 e. The fraction of sp³-hybridized carbons (Fsp3) is 0.533. The third-order valence-corrected chi connectivity index (χ3v) is 7.70. The Hall–Kier alpha value is -3.44. The molecule has 0 spiro atoms. The molecule has 0 bridgehead atoms. The number of benzene rings is 1. The summed E-state index contributed by atoms with van der Waals surface area (Å²) in [5.74, 6) is -0.486. The second-order valence-corrected chi connectivity index (χ2v) is 11.6. The van der Waals surface area contributed by atoms with Gasteiger partial charge in [-0.15, -0.1) is 0 Å². The van der Waals surface area contributed by atoms with E-state index in [2.05, 4.69) is 42.2 Å². The number of aromatic nitrogens is 1. The van der Waals surface area contributed by atoms with Crippen LogP contribution in [0.5, 0.6) is 0 Å². The van der Waals surface area contributed by atoms with Gasteiger partial charge >= 0.3 is 0 Å². The van der Waals surface area contributed by atoms with Crippen molar-refractivity contribution in [1.29, 1.82) is 5.26 Å². The van der Waals surface area contributed by atoms with Gasteiger partial charge in [-0.05, 0) is 49.1 Å². The summed E-state index contributed by atoms with van der Waals surface area (Å²) >= 11 is 0. The molecule has 1 aromatic heterocycles. The van der Waals surface area contributed by atoms with E-state index in [1.54, 1.807) is 23.4 Å². The molecule has 2 heterocycles. The lowest BCUT2D eigenvalue weighted by Crippen LogP contribution is -2.59. The molecule has 2 amide bonds. The highest BCUT2D eigenvalue weighted by atomic mass is 16.2. The maximum Gasteiger partial charge on any atom is 0.252 e. The van der Waals surface area contributed by atoms with Crippen LogP contribution in [0.1, 0.15) is 70.0 Å². The number of amides is 2. The van der Waals surface area contributed by atoms with Crippen LogP contribution in [-0.4, -0.2) is 65.4 Å². The Bertz CT molecular complexity index is 1130. The highest BCUT2D eigenvalue weighted by molar-refractivity contribution is 6.04. The monoisotopic (exact) mass is 516 g/mol. The van der Waals surface area contributed by atoms with E-state index in [1.165, 1.54) is 11.3 Å². The number of anilines is 1. The van der Waals surface area contributed by atoms with Crippen molar-refractivity contribution in [2.75, 3.05) is 31.6 Å². The predicted molar refractivity (Wildman–Crippen MR) is 148 cm³/mol. The van der Waals surface area contributed by atoms with Crippen LogP contribution in [0.25, 0.3) is 0 Å². The van der Waals surface area contributed by atoms with Gasteiger partial charge in [-0.3, -0.25) is 24.4 Å². The quantitative estimate of drug-likeness (QED) is 0.584. The Labute approximate surface area is 226 Å². The first-order valence-electron chi connectivity index (χ1n) is 13.7. The normalized spacial score (nSPS) is 19.9. The number of carbonyl (C=O) groups is 2. The minimum absolute atomic E-state index is 0.0574. The standard InChI is InChI=1S/C30H40N6O2/c1-30(2,3)23-12-14-25(15-13-23)36(29(38)26-20-34(4)17-18-35(26)21-31)27(22-9-8-16-32-19-22)28(37)33-24-10-6-5-7-11-24/h8-9,12-16,19,24,26-27H,5-7,10-11,17-18,20H2,1-4H3,(H,33,37). The highest BCUT2D eigenvalue weighted by Gasteiger charge is 2.41. The van der Waals surface area contributed by atoms with Crippen molar-refractivity contribution in [2.24, 2.45) is 0 Å². The molecule has 202 valence electrons. The number of pyridine rings is 1. The van der Waals surface area contributed by atoms with Crippen molar-refractivity contribution in [3.05, 3.63) is 59.9 Å². The lowest BCUT2D eigenvalue weighted by molar-refractivity contribution is -0.130.